The number of benzene rings is 1. The first-order valence-corrected chi connectivity index (χ1v) is 9.62. The topological polar surface area (TPSA) is 44.8 Å². The summed E-state index contributed by atoms with van der Waals surface area (Å²) in [5, 5.41) is 0.783. The van der Waals surface area contributed by atoms with Gasteiger partial charge >= 0.3 is 0 Å². The van der Waals surface area contributed by atoms with Crippen molar-refractivity contribution in [2.75, 3.05) is 13.1 Å². The minimum atomic E-state index is 0.783. The third-order valence-electron chi connectivity index (χ3n) is 5.05. The predicted molar refractivity (Wildman–Crippen MR) is 111 cm³/mol. The van der Waals surface area contributed by atoms with E-state index in [1.165, 1.54) is 16.7 Å². The third-order valence-corrected chi connectivity index (χ3v) is 5.30. The second-order valence-electron chi connectivity index (χ2n) is 7.08. The molecule has 0 saturated heterocycles. The molecule has 0 fully saturated rings. The highest BCUT2D eigenvalue weighted by molar-refractivity contribution is 6.30. The van der Waals surface area contributed by atoms with Gasteiger partial charge in [0.1, 0.15) is 5.69 Å². The standard InChI is InChI=1S/C22H23ClN4/c1-15-16(2)26-22(25-15)21-12-18(9-10-24-21)19-4-3-11-27(14-19)13-17-5-7-20(23)8-6-17/h4-10,12H,3,11,13-14H2,1-2H3,(H,25,26). The Morgan fingerprint density at radius 1 is 1.15 bits per heavy atom. The highest BCUT2D eigenvalue weighted by Crippen LogP contribution is 2.25. The number of hydrogen-bond donors (Lipinski definition) is 1. The number of H-pyrrole nitrogens is 1. The van der Waals surface area contributed by atoms with Crippen LogP contribution in [0.1, 0.15) is 28.9 Å². The number of aryl methyl sites for hydroxylation is 2. The lowest BCUT2D eigenvalue weighted by Gasteiger charge is -2.27. The Morgan fingerprint density at radius 2 is 1.96 bits per heavy atom. The van der Waals surface area contributed by atoms with Gasteiger partial charge in [0.25, 0.3) is 0 Å². The van der Waals surface area contributed by atoms with E-state index in [1.807, 2.05) is 32.2 Å². The van der Waals surface area contributed by atoms with E-state index in [-0.39, 0.29) is 0 Å². The maximum Gasteiger partial charge on any atom is 0.156 e. The average Bonchev–Trinajstić information content (AvgIpc) is 3.03. The van der Waals surface area contributed by atoms with Crippen molar-refractivity contribution in [2.45, 2.75) is 26.8 Å². The Labute approximate surface area is 164 Å². The SMILES string of the molecule is Cc1nc(-c2cc(C3=CCCN(Cc4ccc(Cl)cc4)C3)ccn2)[nH]c1C. The van der Waals surface area contributed by atoms with E-state index in [0.717, 1.165) is 54.0 Å². The lowest BCUT2D eigenvalue weighted by Crippen LogP contribution is -2.29. The van der Waals surface area contributed by atoms with Crippen molar-refractivity contribution in [3.05, 3.63) is 76.2 Å². The molecule has 2 aromatic heterocycles. The van der Waals surface area contributed by atoms with Gasteiger partial charge in [-0.2, -0.15) is 0 Å². The van der Waals surface area contributed by atoms with Crippen LogP contribution in [0.3, 0.4) is 0 Å². The molecule has 4 nitrogen and oxygen atoms in total. The Bertz CT molecular complexity index is 953. The summed E-state index contributed by atoms with van der Waals surface area (Å²) in [6.07, 6.45) is 5.27. The van der Waals surface area contributed by atoms with Gasteiger partial charge in [0.05, 0.1) is 5.69 Å². The molecule has 0 spiro atoms. The fourth-order valence-corrected chi connectivity index (χ4v) is 3.55. The molecule has 0 unspecified atom stereocenters. The Kier molecular flexibility index (Phi) is 5.10. The highest BCUT2D eigenvalue weighted by Gasteiger charge is 2.16. The van der Waals surface area contributed by atoms with Crippen molar-refractivity contribution in [1.29, 1.82) is 0 Å². The van der Waals surface area contributed by atoms with Gasteiger partial charge in [0, 0.05) is 36.5 Å². The monoisotopic (exact) mass is 378 g/mol. The van der Waals surface area contributed by atoms with Crippen molar-refractivity contribution in [3.63, 3.8) is 0 Å². The number of imidazole rings is 1. The minimum Gasteiger partial charge on any atom is -0.341 e. The van der Waals surface area contributed by atoms with E-state index in [4.69, 9.17) is 11.6 Å². The number of nitrogens with zero attached hydrogens (tertiary/aromatic N) is 3. The highest BCUT2D eigenvalue weighted by atomic mass is 35.5. The van der Waals surface area contributed by atoms with Gasteiger partial charge in [-0.05, 0) is 61.2 Å². The maximum atomic E-state index is 6.00. The number of pyridine rings is 1. The summed E-state index contributed by atoms with van der Waals surface area (Å²) in [6, 6.07) is 12.3. The molecule has 1 N–H and O–H groups in total. The molecule has 0 aliphatic carbocycles. The van der Waals surface area contributed by atoms with E-state index < -0.39 is 0 Å². The van der Waals surface area contributed by atoms with Crippen LogP contribution in [-0.2, 0) is 6.54 Å². The molecule has 0 amide bonds. The van der Waals surface area contributed by atoms with Crippen molar-refractivity contribution in [1.82, 2.24) is 19.9 Å². The van der Waals surface area contributed by atoms with E-state index >= 15 is 0 Å². The molecule has 1 aromatic carbocycles. The first kappa shape index (κ1) is 18.0. The van der Waals surface area contributed by atoms with Crippen LogP contribution in [-0.4, -0.2) is 32.9 Å². The van der Waals surface area contributed by atoms with Crippen LogP contribution in [0.2, 0.25) is 5.02 Å². The number of rotatable bonds is 4. The zero-order valence-corrected chi connectivity index (χ0v) is 16.4. The molecule has 1 aliphatic heterocycles. The normalized spacial score (nSPS) is 15.0. The molecule has 138 valence electrons. The van der Waals surface area contributed by atoms with Crippen LogP contribution in [0.5, 0.6) is 0 Å². The number of hydrogen-bond acceptors (Lipinski definition) is 3. The molecule has 0 radical (unpaired) electrons. The molecule has 0 atom stereocenters. The van der Waals surface area contributed by atoms with Gasteiger partial charge in [0.2, 0.25) is 0 Å². The zero-order chi connectivity index (χ0) is 18.8. The summed E-state index contributed by atoms with van der Waals surface area (Å²) in [5.41, 5.74) is 6.84. The molecule has 5 heteroatoms. The van der Waals surface area contributed by atoms with E-state index in [0.29, 0.717) is 0 Å². The van der Waals surface area contributed by atoms with Crippen molar-refractivity contribution >= 4 is 17.2 Å². The Balaban J connectivity index is 1.52. The van der Waals surface area contributed by atoms with Gasteiger partial charge < -0.3 is 4.98 Å². The van der Waals surface area contributed by atoms with E-state index in [1.54, 1.807) is 0 Å². The van der Waals surface area contributed by atoms with Crippen LogP contribution < -0.4 is 0 Å². The van der Waals surface area contributed by atoms with Crippen LogP contribution in [0, 0.1) is 13.8 Å². The number of halogens is 1. The van der Waals surface area contributed by atoms with Crippen LogP contribution in [0.15, 0.2) is 48.7 Å². The average molecular weight is 379 g/mol. The molecule has 3 heterocycles. The molecular formula is C22H23ClN4. The molecular weight excluding hydrogens is 356 g/mol. The van der Waals surface area contributed by atoms with Crippen LogP contribution >= 0.6 is 11.6 Å². The van der Waals surface area contributed by atoms with Gasteiger partial charge in [0.15, 0.2) is 5.82 Å². The van der Waals surface area contributed by atoms with Gasteiger partial charge in [-0.25, -0.2) is 4.98 Å². The number of aromatic nitrogens is 3. The van der Waals surface area contributed by atoms with Crippen molar-refractivity contribution in [2.24, 2.45) is 0 Å². The summed E-state index contributed by atoms with van der Waals surface area (Å²) in [5.74, 6) is 0.835. The zero-order valence-electron chi connectivity index (χ0n) is 15.7. The quantitative estimate of drug-likeness (QED) is 0.692. The van der Waals surface area contributed by atoms with Crippen LogP contribution in [0.25, 0.3) is 17.1 Å². The van der Waals surface area contributed by atoms with Gasteiger partial charge in [-0.15, -0.1) is 0 Å². The molecule has 0 saturated carbocycles. The molecule has 0 bridgehead atoms. The summed E-state index contributed by atoms with van der Waals surface area (Å²) >= 11 is 6.00. The Morgan fingerprint density at radius 3 is 2.70 bits per heavy atom. The summed E-state index contributed by atoms with van der Waals surface area (Å²) in [4.78, 5) is 14.9. The first-order chi connectivity index (χ1) is 13.1. The van der Waals surface area contributed by atoms with Crippen molar-refractivity contribution in [3.8, 4) is 11.5 Å². The summed E-state index contributed by atoms with van der Waals surface area (Å²) in [6.45, 7) is 6.98. The van der Waals surface area contributed by atoms with Gasteiger partial charge in [-0.1, -0.05) is 29.8 Å². The predicted octanol–water partition coefficient (Wildman–Crippen LogP) is 5.03. The maximum absolute atomic E-state index is 6.00. The first-order valence-electron chi connectivity index (χ1n) is 9.24. The summed E-state index contributed by atoms with van der Waals surface area (Å²) < 4.78 is 0. The number of aromatic amines is 1. The Hall–Kier alpha value is -2.43. The van der Waals surface area contributed by atoms with Crippen molar-refractivity contribution < 1.29 is 0 Å². The fourth-order valence-electron chi connectivity index (χ4n) is 3.43. The van der Waals surface area contributed by atoms with E-state index in [9.17, 15) is 0 Å². The third kappa shape index (κ3) is 4.12. The smallest absolute Gasteiger partial charge is 0.156 e. The molecule has 27 heavy (non-hydrogen) atoms. The summed E-state index contributed by atoms with van der Waals surface area (Å²) in [7, 11) is 0. The number of nitrogens with one attached hydrogen (secondary N) is 1. The van der Waals surface area contributed by atoms with Crippen LogP contribution in [0.4, 0.5) is 0 Å². The molecule has 4 rings (SSSR count). The van der Waals surface area contributed by atoms with E-state index in [2.05, 4.69) is 50.2 Å². The minimum absolute atomic E-state index is 0.783. The lowest BCUT2D eigenvalue weighted by atomic mass is 10.0. The fraction of sp³-hybridized carbons (Fsp3) is 0.273. The molecule has 3 aromatic rings. The molecule has 1 aliphatic rings. The lowest BCUT2D eigenvalue weighted by molar-refractivity contribution is 0.296. The van der Waals surface area contributed by atoms with Gasteiger partial charge in [-0.3, -0.25) is 9.88 Å². The second-order valence-corrected chi connectivity index (χ2v) is 7.52. The second kappa shape index (κ2) is 7.67. The largest absolute Gasteiger partial charge is 0.341 e.